The molecule has 0 spiro atoms. The number of hydrogen-bond acceptors (Lipinski definition) is 21. The highest BCUT2D eigenvalue weighted by Crippen LogP contribution is 2.18. The van der Waals surface area contributed by atoms with Crippen LogP contribution in [0.1, 0.15) is 12.8 Å². The van der Waals surface area contributed by atoms with E-state index in [1.165, 1.54) is 5.48 Å². The SMILES string of the molecule is N.N.N.N.NC(=O)NOC(=O)CC(O)(CC(=O)OC(=O)C(O)C(O)C(=O)OC(C(=O)O)C(O[N+](=O)[O-])C(=O)O)C(=O)O. The number of aliphatic hydroxyl groups excluding tert-OH is 2. The Labute approximate surface area is 230 Å². The van der Waals surface area contributed by atoms with Crippen molar-refractivity contribution in [2.75, 3.05) is 0 Å². The number of hydroxylamine groups is 1. The summed E-state index contributed by atoms with van der Waals surface area (Å²) >= 11 is 0. The number of aliphatic hydroxyl groups is 3. The van der Waals surface area contributed by atoms with Crippen LogP contribution in [0.2, 0.25) is 0 Å². The van der Waals surface area contributed by atoms with E-state index in [1.807, 2.05) is 0 Å². The molecule has 21 N–H and O–H groups in total. The molecule has 0 aliphatic carbocycles. The summed E-state index contributed by atoms with van der Waals surface area (Å²) in [7, 11) is 0. The molecule has 0 aromatic carbocycles. The van der Waals surface area contributed by atoms with E-state index in [1.54, 1.807) is 0 Å². The fraction of sp³-hybridized carbons (Fsp3) is 0.467. The molecule has 0 radical (unpaired) electrons. The van der Waals surface area contributed by atoms with Gasteiger partial charge >= 0.3 is 47.8 Å². The maximum Gasteiger partial charge on any atom is 0.348 e. The van der Waals surface area contributed by atoms with Crippen molar-refractivity contribution in [3.63, 3.8) is 0 Å². The predicted octanol–water partition coefficient (Wildman–Crippen LogP) is -5.19. The molecule has 0 aromatic rings. The smallest absolute Gasteiger partial charge is 0.348 e. The Morgan fingerprint density at radius 3 is 1.62 bits per heavy atom. The molecule has 2 amide bonds. The van der Waals surface area contributed by atoms with Crippen LogP contribution in [0, 0.1) is 10.1 Å². The second kappa shape index (κ2) is 19.7. The normalized spacial score (nSPS) is 13.7. The lowest BCUT2D eigenvalue weighted by Gasteiger charge is -2.22. The largest absolute Gasteiger partial charge is 0.479 e. The second-order valence-electron chi connectivity index (χ2n) is 6.60. The van der Waals surface area contributed by atoms with Gasteiger partial charge < -0.3 is 75.3 Å². The van der Waals surface area contributed by atoms with Crippen LogP contribution in [0.25, 0.3) is 0 Å². The van der Waals surface area contributed by atoms with E-state index >= 15 is 0 Å². The number of nitrogens with zero attached hydrogens (tertiary/aromatic N) is 1. The topological polar surface area (TPSA) is 516 Å². The molecule has 0 heterocycles. The Morgan fingerprint density at radius 2 is 1.24 bits per heavy atom. The number of carbonyl (C=O) groups is 8. The molecule has 42 heavy (non-hydrogen) atoms. The molecular formula is C15H29N7O20. The summed E-state index contributed by atoms with van der Waals surface area (Å²) in [5.41, 5.74) is 2.51. The fourth-order valence-electron chi connectivity index (χ4n) is 2.06. The Bertz CT molecular complexity index is 1020. The van der Waals surface area contributed by atoms with Gasteiger partial charge in [-0.15, -0.1) is 10.1 Å². The van der Waals surface area contributed by atoms with Crippen molar-refractivity contribution < 1.29 is 93.2 Å². The van der Waals surface area contributed by atoms with Gasteiger partial charge in [0.1, 0.15) is 0 Å². The molecular weight excluding hydrogens is 598 g/mol. The first kappa shape index (κ1) is 46.5. The zero-order valence-electron chi connectivity index (χ0n) is 21.0. The number of urea groups is 1. The van der Waals surface area contributed by atoms with Crippen LogP contribution >= 0.6 is 0 Å². The maximum absolute atomic E-state index is 11.8. The number of esters is 3. The fourth-order valence-corrected chi connectivity index (χ4v) is 2.06. The third-order valence-electron chi connectivity index (χ3n) is 3.74. The summed E-state index contributed by atoms with van der Waals surface area (Å²) < 4.78 is 7.93. The Morgan fingerprint density at radius 1 is 0.810 bits per heavy atom. The maximum atomic E-state index is 11.8. The molecule has 27 nitrogen and oxygen atoms in total. The van der Waals surface area contributed by atoms with Gasteiger partial charge in [-0.05, 0) is 0 Å². The third-order valence-corrected chi connectivity index (χ3v) is 3.74. The summed E-state index contributed by atoms with van der Waals surface area (Å²) in [6, 6.07) is -1.41. The van der Waals surface area contributed by atoms with E-state index in [2.05, 4.69) is 24.9 Å². The minimum atomic E-state index is -3.34. The number of amides is 2. The minimum absolute atomic E-state index is 0. The first-order valence-electron chi connectivity index (χ1n) is 9.11. The molecule has 5 atom stereocenters. The highest BCUT2D eigenvalue weighted by Gasteiger charge is 2.45. The number of carboxylic acids is 3. The molecule has 0 aliphatic rings. The molecule has 244 valence electrons. The summed E-state index contributed by atoms with van der Waals surface area (Å²) in [6.45, 7) is 0. The van der Waals surface area contributed by atoms with Crippen molar-refractivity contribution in [3.8, 4) is 0 Å². The van der Waals surface area contributed by atoms with Gasteiger partial charge in [0.15, 0.2) is 17.8 Å². The van der Waals surface area contributed by atoms with Crippen molar-refractivity contribution in [2.45, 2.75) is 42.9 Å². The molecule has 0 saturated carbocycles. The Hall–Kier alpha value is -5.32. The van der Waals surface area contributed by atoms with Crippen LogP contribution in [0.4, 0.5) is 4.79 Å². The number of aliphatic carboxylic acids is 3. The third kappa shape index (κ3) is 14.7. The highest BCUT2D eigenvalue weighted by atomic mass is 17.0. The van der Waals surface area contributed by atoms with Gasteiger partial charge in [0.25, 0.3) is 11.2 Å². The first-order chi connectivity index (χ1) is 17.3. The minimum Gasteiger partial charge on any atom is -0.479 e. The summed E-state index contributed by atoms with van der Waals surface area (Å²) in [5.74, 6) is -15.1. The lowest BCUT2D eigenvalue weighted by molar-refractivity contribution is -0.766. The summed E-state index contributed by atoms with van der Waals surface area (Å²) in [6.07, 6.45) is -15.5. The highest BCUT2D eigenvalue weighted by molar-refractivity contribution is 5.95. The molecule has 5 unspecified atom stereocenters. The van der Waals surface area contributed by atoms with E-state index in [0.717, 1.165) is 0 Å². The quantitative estimate of drug-likeness (QED) is 0.0281. The van der Waals surface area contributed by atoms with Crippen molar-refractivity contribution in [2.24, 2.45) is 5.73 Å². The van der Waals surface area contributed by atoms with Crippen LogP contribution in [0.15, 0.2) is 0 Å². The molecule has 27 heteroatoms. The molecule has 0 aliphatic heterocycles. The van der Waals surface area contributed by atoms with E-state index in [4.69, 9.17) is 15.3 Å². The number of nitrogens with one attached hydrogen (secondary N) is 1. The monoisotopic (exact) mass is 627 g/mol. The number of nitrogens with two attached hydrogens (primary N) is 1. The van der Waals surface area contributed by atoms with Crippen LogP contribution in [-0.4, -0.2) is 114 Å². The second-order valence-corrected chi connectivity index (χ2v) is 6.60. The lowest BCUT2D eigenvalue weighted by Crippen LogP contribution is -2.50. The van der Waals surface area contributed by atoms with E-state index < -0.39 is 95.8 Å². The Kier molecular flexibility index (Phi) is 21.8. The lowest BCUT2D eigenvalue weighted by atomic mass is 9.96. The number of primary amides is 1. The number of hydrogen-bond donors (Lipinski definition) is 12. The van der Waals surface area contributed by atoms with Gasteiger partial charge in [-0.1, -0.05) is 0 Å². The summed E-state index contributed by atoms with van der Waals surface area (Å²) in [4.78, 5) is 108. The van der Waals surface area contributed by atoms with Crippen LogP contribution < -0.4 is 35.8 Å². The van der Waals surface area contributed by atoms with E-state index in [0.29, 0.717) is 0 Å². The average molecular weight is 627 g/mol. The van der Waals surface area contributed by atoms with Crippen LogP contribution in [0.5, 0.6) is 0 Å². The molecule has 0 aromatic heterocycles. The molecule has 0 bridgehead atoms. The average Bonchev–Trinajstić information content (AvgIpc) is 2.77. The van der Waals surface area contributed by atoms with E-state index in [-0.39, 0.29) is 24.6 Å². The number of carboxylic acid groups (broad SMARTS) is 3. The number of carbonyl (C=O) groups excluding carboxylic acids is 5. The molecule has 0 saturated heterocycles. The van der Waals surface area contributed by atoms with Gasteiger partial charge in [0.05, 0.1) is 12.8 Å². The van der Waals surface area contributed by atoms with Crippen molar-refractivity contribution >= 4 is 47.8 Å². The molecule has 0 rings (SSSR count). The standard InChI is InChI=1S/C15H17N3O20.4H3N/c16-14(31)17-37-4(20)2-15(32,13(29)30)1-3(19)35-11(27)5(21)6(22)12(28)36-7(9(23)24)8(10(25)26)38-18(33)34;;;;/h5-8,21-22,32H,1-2H2,(H,23,24)(H,25,26)(H,29,30)(H3,16,17,31);4*1H3. The zero-order chi connectivity index (χ0) is 30.0. The van der Waals surface area contributed by atoms with Gasteiger partial charge in [0.2, 0.25) is 6.10 Å². The molecule has 0 fully saturated rings. The number of rotatable bonds is 14. The predicted molar refractivity (Wildman–Crippen MR) is 121 cm³/mol. The van der Waals surface area contributed by atoms with Crippen LogP contribution in [-0.2, 0) is 52.7 Å². The van der Waals surface area contributed by atoms with Crippen molar-refractivity contribution in [3.05, 3.63) is 10.1 Å². The van der Waals surface area contributed by atoms with Crippen molar-refractivity contribution in [1.29, 1.82) is 0 Å². The van der Waals surface area contributed by atoms with E-state index in [9.17, 15) is 63.8 Å². The van der Waals surface area contributed by atoms with Crippen LogP contribution in [0.3, 0.4) is 0 Å². The van der Waals surface area contributed by atoms with Gasteiger partial charge in [-0.3, -0.25) is 9.63 Å². The van der Waals surface area contributed by atoms with Crippen molar-refractivity contribution in [1.82, 2.24) is 30.1 Å². The van der Waals surface area contributed by atoms with Gasteiger partial charge in [0, 0.05) is 0 Å². The number of ether oxygens (including phenoxy) is 2. The van der Waals surface area contributed by atoms with Gasteiger partial charge in [-0.2, -0.15) is 5.48 Å². The Balaban J connectivity index is -0.00000114. The zero-order valence-corrected chi connectivity index (χ0v) is 21.0. The first-order valence-corrected chi connectivity index (χ1v) is 9.11. The van der Waals surface area contributed by atoms with Gasteiger partial charge in [-0.25, -0.2) is 33.6 Å². The summed E-state index contributed by atoms with van der Waals surface area (Å²) in [5, 5.41) is 64.6.